The molecule has 1 aromatic carbocycles. The van der Waals surface area contributed by atoms with E-state index in [-0.39, 0.29) is 11.9 Å². The van der Waals surface area contributed by atoms with Crippen molar-refractivity contribution < 1.29 is 4.79 Å². The van der Waals surface area contributed by atoms with Crippen LogP contribution in [0.1, 0.15) is 37.0 Å². The summed E-state index contributed by atoms with van der Waals surface area (Å²) in [6, 6.07) is 6.03. The summed E-state index contributed by atoms with van der Waals surface area (Å²) in [6.07, 6.45) is 1.92. The highest BCUT2D eigenvalue weighted by Crippen LogP contribution is 2.19. The van der Waals surface area contributed by atoms with Crippen LogP contribution in [0.25, 0.3) is 0 Å². The van der Waals surface area contributed by atoms with Gasteiger partial charge in [-0.3, -0.25) is 4.79 Å². The monoisotopic (exact) mass is 395 g/mol. The first-order valence-electron chi connectivity index (χ1n) is 5.34. The molecule has 16 heavy (non-hydrogen) atoms. The summed E-state index contributed by atoms with van der Waals surface area (Å²) in [6.45, 7) is 4.16. The standard InChI is InChI=1S/C12H15BrINO/c1-3-9(4-2)15-12(16)10-7-8(14)5-6-11(10)13/h5-7,9H,3-4H2,1-2H3,(H,15,16). The lowest BCUT2D eigenvalue weighted by Gasteiger charge is -2.15. The van der Waals surface area contributed by atoms with Gasteiger partial charge in [0.1, 0.15) is 0 Å². The minimum absolute atomic E-state index is 0.000842. The van der Waals surface area contributed by atoms with Gasteiger partial charge >= 0.3 is 0 Å². The Morgan fingerprint density at radius 1 is 1.44 bits per heavy atom. The van der Waals surface area contributed by atoms with Crippen LogP contribution >= 0.6 is 38.5 Å². The van der Waals surface area contributed by atoms with Gasteiger partial charge in [0.15, 0.2) is 0 Å². The highest BCUT2D eigenvalue weighted by Gasteiger charge is 2.13. The molecule has 0 unspecified atom stereocenters. The summed E-state index contributed by atoms with van der Waals surface area (Å²) < 4.78 is 1.91. The first kappa shape index (κ1) is 14.0. The maximum atomic E-state index is 12.0. The van der Waals surface area contributed by atoms with Gasteiger partial charge in [0.2, 0.25) is 0 Å². The van der Waals surface area contributed by atoms with E-state index in [2.05, 4.69) is 57.7 Å². The Morgan fingerprint density at radius 3 is 2.62 bits per heavy atom. The van der Waals surface area contributed by atoms with Crippen molar-refractivity contribution in [3.63, 3.8) is 0 Å². The Kier molecular flexibility index (Phi) is 5.75. The topological polar surface area (TPSA) is 29.1 Å². The van der Waals surface area contributed by atoms with Gasteiger partial charge in [-0.25, -0.2) is 0 Å². The zero-order valence-corrected chi connectivity index (χ0v) is 13.1. The maximum Gasteiger partial charge on any atom is 0.252 e. The molecule has 1 amide bonds. The van der Waals surface area contributed by atoms with Gasteiger partial charge in [-0.15, -0.1) is 0 Å². The fourth-order valence-corrected chi connectivity index (χ4v) is 2.35. The number of halogens is 2. The molecule has 0 aromatic heterocycles. The van der Waals surface area contributed by atoms with E-state index in [1.54, 1.807) is 0 Å². The van der Waals surface area contributed by atoms with E-state index in [1.807, 2.05) is 18.2 Å². The van der Waals surface area contributed by atoms with Gasteiger partial charge in [-0.05, 0) is 69.6 Å². The molecule has 2 nitrogen and oxygen atoms in total. The molecule has 0 aliphatic rings. The number of carbonyl (C=O) groups excluding carboxylic acids is 1. The second kappa shape index (κ2) is 6.59. The van der Waals surface area contributed by atoms with Gasteiger partial charge in [0.25, 0.3) is 5.91 Å². The van der Waals surface area contributed by atoms with Crippen molar-refractivity contribution in [3.05, 3.63) is 31.8 Å². The number of hydrogen-bond acceptors (Lipinski definition) is 1. The van der Waals surface area contributed by atoms with Crippen LogP contribution in [0, 0.1) is 3.57 Å². The lowest BCUT2D eigenvalue weighted by atomic mass is 10.1. The predicted octanol–water partition coefficient (Wildman–Crippen LogP) is 3.97. The molecule has 0 spiro atoms. The molecular weight excluding hydrogens is 381 g/mol. The maximum absolute atomic E-state index is 12.0. The van der Waals surface area contributed by atoms with Gasteiger partial charge in [0, 0.05) is 14.1 Å². The molecule has 1 N–H and O–H groups in total. The lowest BCUT2D eigenvalue weighted by Crippen LogP contribution is -2.34. The van der Waals surface area contributed by atoms with E-state index in [0.717, 1.165) is 20.9 Å². The van der Waals surface area contributed by atoms with Crippen molar-refractivity contribution in [1.82, 2.24) is 5.32 Å². The molecule has 0 fully saturated rings. The summed E-state index contributed by atoms with van der Waals surface area (Å²) in [4.78, 5) is 12.0. The lowest BCUT2D eigenvalue weighted by molar-refractivity contribution is 0.0934. The third kappa shape index (κ3) is 3.73. The summed E-state index contributed by atoms with van der Waals surface area (Å²) in [7, 11) is 0. The molecule has 0 aliphatic heterocycles. The number of benzene rings is 1. The largest absolute Gasteiger partial charge is 0.349 e. The highest BCUT2D eigenvalue weighted by molar-refractivity contribution is 14.1. The van der Waals surface area contributed by atoms with Gasteiger partial charge in [0.05, 0.1) is 5.56 Å². The zero-order valence-electron chi connectivity index (χ0n) is 9.39. The summed E-state index contributed by atoms with van der Waals surface area (Å²) >= 11 is 5.61. The number of hydrogen-bond donors (Lipinski definition) is 1. The Labute approximate surface area is 118 Å². The van der Waals surface area contributed by atoms with Crippen LogP contribution in [-0.2, 0) is 0 Å². The van der Waals surface area contributed by atoms with Crippen molar-refractivity contribution in [2.75, 3.05) is 0 Å². The van der Waals surface area contributed by atoms with Crippen LogP contribution in [0.15, 0.2) is 22.7 Å². The minimum atomic E-state index is -0.000842. The van der Waals surface area contributed by atoms with E-state index < -0.39 is 0 Å². The van der Waals surface area contributed by atoms with Crippen LogP contribution in [0.3, 0.4) is 0 Å². The first-order chi connectivity index (χ1) is 7.58. The molecular formula is C12H15BrINO. The third-order valence-corrected chi connectivity index (χ3v) is 3.86. The average molecular weight is 396 g/mol. The van der Waals surface area contributed by atoms with Crippen LogP contribution in [0.2, 0.25) is 0 Å². The van der Waals surface area contributed by atoms with E-state index in [1.165, 1.54) is 0 Å². The van der Waals surface area contributed by atoms with Gasteiger partial charge < -0.3 is 5.32 Å². The number of nitrogens with one attached hydrogen (secondary N) is 1. The second-order valence-electron chi connectivity index (χ2n) is 3.61. The van der Waals surface area contributed by atoms with Crippen LogP contribution in [-0.4, -0.2) is 11.9 Å². The Balaban J connectivity index is 2.83. The molecule has 0 atom stereocenters. The number of amides is 1. The van der Waals surface area contributed by atoms with Gasteiger partial charge in [-0.1, -0.05) is 13.8 Å². The molecule has 0 saturated carbocycles. The molecule has 0 saturated heterocycles. The Hall–Kier alpha value is -0.100. The smallest absolute Gasteiger partial charge is 0.252 e. The molecule has 0 heterocycles. The van der Waals surface area contributed by atoms with E-state index in [4.69, 9.17) is 0 Å². The zero-order chi connectivity index (χ0) is 12.1. The molecule has 0 bridgehead atoms. The number of carbonyl (C=O) groups is 1. The fraction of sp³-hybridized carbons (Fsp3) is 0.417. The third-order valence-electron chi connectivity index (χ3n) is 2.49. The molecule has 4 heteroatoms. The molecule has 0 aliphatic carbocycles. The summed E-state index contributed by atoms with van der Waals surface area (Å²) in [5.74, 6) is -0.000842. The molecule has 1 rings (SSSR count). The van der Waals surface area contributed by atoms with E-state index in [9.17, 15) is 4.79 Å². The van der Waals surface area contributed by atoms with Crippen molar-refractivity contribution in [2.24, 2.45) is 0 Å². The minimum Gasteiger partial charge on any atom is -0.349 e. The average Bonchev–Trinajstić information content (AvgIpc) is 2.28. The summed E-state index contributed by atoms with van der Waals surface area (Å²) in [5.41, 5.74) is 0.707. The summed E-state index contributed by atoms with van der Waals surface area (Å²) in [5, 5.41) is 3.03. The van der Waals surface area contributed by atoms with Crippen molar-refractivity contribution in [2.45, 2.75) is 32.7 Å². The van der Waals surface area contributed by atoms with E-state index in [0.29, 0.717) is 5.56 Å². The van der Waals surface area contributed by atoms with Crippen LogP contribution in [0.4, 0.5) is 0 Å². The first-order valence-corrected chi connectivity index (χ1v) is 7.21. The SMILES string of the molecule is CCC(CC)NC(=O)c1cc(I)ccc1Br. The predicted molar refractivity (Wildman–Crippen MR) is 78.7 cm³/mol. The van der Waals surface area contributed by atoms with Crippen LogP contribution in [0.5, 0.6) is 0 Å². The normalized spacial score (nSPS) is 10.6. The fourth-order valence-electron chi connectivity index (χ4n) is 1.43. The highest BCUT2D eigenvalue weighted by atomic mass is 127. The van der Waals surface area contributed by atoms with Crippen molar-refractivity contribution in [3.8, 4) is 0 Å². The second-order valence-corrected chi connectivity index (χ2v) is 5.71. The quantitative estimate of drug-likeness (QED) is 0.767. The molecule has 1 aromatic rings. The number of rotatable bonds is 4. The van der Waals surface area contributed by atoms with Gasteiger partial charge in [-0.2, -0.15) is 0 Å². The molecule has 0 radical (unpaired) electrons. The van der Waals surface area contributed by atoms with Crippen molar-refractivity contribution >= 4 is 44.4 Å². The van der Waals surface area contributed by atoms with E-state index >= 15 is 0 Å². The Morgan fingerprint density at radius 2 is 2.06 bits per heavy atom. The molecule has 88 valence electrons. The van der Waals surface area contributed by atoms with Crippen LogP contribution < -0.4 is 5.32 Å². The van der Waals surface area contributed by atoms with Crippen molar-refractivity contribution in [1.29, 1.82) is 0 Å². The Bertz CT molecular complexity index is 377.